The number of pyridine rings is 1. The molecule has 0 amide bonds. The summed E-state index contributed by atoms with van der Waals surface area (Å²) in [5.74, 6) is -1.12. The Balaban J connectivity index is 0.00000225. The number of nitrogens with zero attached hydrogens (tertiary/aromatic N) is 1. The van der Waals surface area contributed by atoms with Gasteiger partial charge in [-0.1, -0.05) is 31.2 Å². The number of carboxylic acids is 1. The van der Waals surface area contributed by atoms with E-state index < -0.39 is 5.97 Å². The van der Waals surface area contributed by atoms with Crippen LogP contribution in [0.3, 0.4) is 0 Å². The van der Waals surface area contributed by atoms with Gasteiger partial charge in [-0.25, -0.2) is 0 Å². The summed E-state index contributed by atoms with van der Waals surface area (Å²) in [6.45, 7) is 6.29. The first-order valence-electron chi connectivity index (χ1n) is 4.76. The predicted molar refractivity (Wildman–Crippen MR) is 56.9 cm³/mol. The van der Waals surface area contributed by atoms with E-state index in [0.717, 1.165) is 23.1 Å². The topological polar surface area (TPSA) is 59.3 Å². The monoisotopic (exact) mass is 297 g/mol. The van der Waals surface area contributed by atoms with E-state index in [1.165, 1.54) is 0 Å². The van der Waals surface area contributed by atoms with Crippen LogP contribution in [0.2, 0.25) is 0 Å². The fraction of sp³-hybridized carbons (Fsp3) is 0.364. The Kier molecular flexibility index (Phi) is 5.97. The van der Waals surface area contributed by atoms with Crippen molar-refractivity contribution in [3.05, 3.63) is 39.8 Å². The minimum Gasteiger partial charge on any atom is -0.486 e. The zero-order valence-corrected chi connectivity index (χ0v) is 12.5. The van der Waals surface area contributed by atoms with Gasteiger partial charge in [0, 0.05) is 0 Å². The van der Waals surface area contributed by atoms with Crippen molar-refractivity contribution in [1.29, 1.82) is 0 Å². The predicted octanol–water partition coefficient (Wildman–Crippen LogP) is 1.12. The summed E-state index contributed by atoms with van der Waals surface area (Å²) in [5, 5.41) is 8.62. The second-order valence-electron chi connectivity index (χ2n) is 3.43. The van der Waals surface area contributed by atoms with E-state index in [9.17, 15) is 9.59 Å². The van der Waals surface area contributed by atoms with Gasteiger partial charge in [0.15, 0.2) is 0 Å². The van der Waals surface area contributed by atoms with Gasteiger partial charge >= 0.3 is 32.7 Å². The number of carbonyl (C=O) groups is 1. The van der Waals surface area contributed by atoms with Crippen LogP contribution < -0.4 is 5.56 Å². The summed E-state index contributed by atoms with van der Waals surface area (Å²) in [6, 6.07) is 1.84. The molecule has 4 nitrogen and oxygen atoms in total. The van der Waals surface area contributed by atoms with Crippen molar-refractivity contribution in [1.82, 2.24) is 4.57 Å². The van der Waals surface area contributed by atoms with Crippen LogP contribution in [0.15, 0.2) is 10.9 Å². The van der Waals surface area contributed by atoms with Gasteiger partial charge in [0.05, 0.1) is 0 Å². The van der Waals surface area contributed by atoms with Crippen molar-refractivity contribution in [3.63, 3.8) is 0 Å². The van der Waals surface area contributed by atoms with Crippen LogP contribution in [0.1, 0.15) is 23.7 Å². The molecule has 0 spiro atoms. The molecule has 0 aliphatic carbocycles. The average Bonchev–Trinajstić information content (AvgIpc) is 2.18. The molecule has 1 aromatic rings. The summed E-state index contributed by atoms with van der Waals surface area (Å²) < 4.78 is 1.16. The quantitative estimate of drug-likeness (QED) is 0.851. The van der Waals surface area contributed by atoms with Crippen LogP contribution in [0, 0.1) is 20.4 Å². The Labute approximate surface area is 120 Å². The van der Waals surface area contributed by atoms with Crippen molar-refractivity contribution in [2.75, 3.05) is 0 Å². The van der Waals surface area contributed by atoms with E-state index >= 15 is 0 Å². The van der Waals surface area contributed by atoms with Gasteiger partial charge in [-0.2, -0.15) is 0 Å². The van der Waals surface area contributed by atoms with E-state index in [1.807, 2.05) is 13.0 Å². The van der Waals surface area contributed by atoms with Gasteiger partial charge in [-0.05, 0) is 25.5 Å². The van der Waals surface area contributed by atoms with Crippen LogP contribution >= 0.6 is 0 Å². The molecule has 1 heterocycles. The maximum atomic E-state index is 11.8. The van der Waals surface area contributed by atoms with Crippen molar-refractivity contribution in [3.8, 4) is 0 Å². The fourth-order valence-electron chi connectivity index (χ4n) is 1.55. The first-order valence-corrected chi connectivity index (χ1v) is 4.76. The van der Waals surface area contributed by atoms with E-state index in [2.05, 4.69) is 0 Å². The van der Waals surface area contributed by atoms with Crippen LogP contribution in [-0.4, -0.2) is 15.6 Å². The van der Waals surface area contributed by atoms with Crippen LogP contribution in [0.25, 0.3) is 0 Å². The third kappa shape index (κ3) is 3.19. The summed E-state index contributed by atoms with van der Waals surface area (Å²) in [7, 11) is 0. The standard InChI is InChI=1S/C11H14NO3.Y/c1-4-9-5-7(2)12(6-10(13)14)11(15)8(9)3;/h5-6H,4H2,1-3H3,(H,13,14);/q-1;+3. The van der Waals surface area contributed by atoms with Crippen molar-refractivity contribution >= 4 is 5.97 Å². The zero-order valence-electron chi connectivity index (χ0n) is 9.65. The minimum absolute atomic E-state index is 0. The SMILES string of the molecule is CCc1cc(C)n([CH-]C(=O)O)c(=O)c1C.[Y+3]. The Bertz CT molecular complexity index is 451. The maximum Gasteiger partial charge on any atom is 3.00 e. The molecule has 0 bridgehead atoms. The largest absolute Gasteiger partial charge is 3.00 e. The first kappa shape index (κ1) is 15.4. The molecule has 5 heteroatoms. The van der Waals surface area contributed by atoms with Gasteiger partial charge in [0.2, 0.25) is 0 Å². The van der Waals surface area contributed by atoms with Crippen LogP contribution in [0.4, 0.5) is 0 Å². The molecule has 0 fully saturated rings. The third-order valence-corrected chi connectivity index (χ3v) is 2.40. The summed E-state index contributed by atoms with van der Waals surface area (Å²) >= 11 is 0. The van der Waals surface area contributed by atoms with Crippen molar-refractivity contribution in [2.45, 2.75) is 27.2 Å². The second-order valence-corrected chi connectivity index (χ2v) is 3.43. The fourth-order valence-corrected chi connectivity index (χ4v) is 1.55. The molecule has 0 aliphatic rings. The Morgan fingerprint density at radius 3 is 2.50 bits per heavy atom. The van der Waals surface area contributed by atoms with E-state index in [-0.39, 0.29) is 38.3 Å². The normalized spacial score (nSPS) is 9.44. The molecule has 1 rings (SSSR count). The van der Waals surface area contributed by atoms with E-state index in [0.29, 0.717) is 11.3 Å². The third-order valence-electron chi connectivity index (χ3n) is 2.40. The summed E-state index contributed by atoms with van der Waals surface area (Å²) in [4.78, 5) is 22.3. The smallest absolute Gasteiger partial charge is 0.486 e. The van der Waals surface area contributed by atoms with Crippen molar-refractivity contribution < 1.29 is 42.6 Å². The number of hydrogen-bond acceptors (Lipinski definition) is 2. The molecule has 0 atom stereocenters. The molecular weight excluding hydrogens is 283 g/mol. The van der Waals surface area contributed by atoms with Gasteiger partial charge in [-0.15, -0.1) is 0 Å². The van der Waals surface area contributed by atoms with E-state index in [1.54, 1.807) is 13.8 Å². The minimum atomic E-state index is -1.12. The number of hydrogen-bond donors (Lipinski definition) is 1. The van der Waals surface area contributed by atoms with Gasteiger partial charge in [0.1, 0.15) is 5.56 Å². The number of aryl methyl sites for hydroxylation is 2. The molecule has 0 saturated heterocycles. The summed E-state index contributed by atoms with van der Waals surface area (Å²) in [6.07, 6.45) is 0.774. The van der Waals surface area contributed by atoms with Crippen LogP contribution in [0.5, 0.6) is 0 Å². The number of rotatable bonds is 3. The molecule has 0 aliphatic heterocycles. The molecular formula is C11H14NO3Y+2. The first-order chi connectivity index (χ1) is 6.97. The summed E-state index contributed by atoms with van der Waals surface area (Å²) in [5.41, 5.74) is 1.97. The molecule has 0 saturated carbocycles. The molecule has 1 N–H and O–H groups in total. The van der Waals surface area contributed by atoms with Gasteiger partial charge < -0.3 is 14.5 Å². The Hall–Kier alpha value is -0.606. The molecule has 16 heavy (non-hydrogen) atoms. The average molecular weight is 297 g/mol. The molecule has 0 aromatic carbocycles. The van der Waals surface area contributed by atoms with Crippen LogP contribution in [-0.2, 0) is 43.9 Å². The molecule has 0 unspecified atom stereocenters. The van der Waals surface area contributed by atoms with Gasteiger partial charge in [-0.3, -0.25) is 4.79 Å². The van der Waals surface area contributed by atoms with Crippen molar-refractivity contribution in [2.24, 2.45) is 0 Å². The molecule has 1 aromatic heterocycles. The number of carboxylic acid groups (broad SMARTS) is 1. The molecule has 82 valence electrons. The Morgan fingerprint density at radius 1 is 1.50 bits per heavy atom. The van der Waals surface area contributed by atoms with Gasteiger partial charge in [0.25, 0.3) is 5.97 Å². The zero-order chi connectivity index (χ0) is 11.6. The maximum absolute atomic E-state index is 11.8. The number of aromatic nitrogens is 1. The van der Waals surface area contributed by atoms with E-state index in [4.69, 9.17) is 5.11 Å². The second kappa shape index (κ2) is 6.21. The molecule has 0 radical (unpaired) electrons. The Morgan fingerprint density at radius 2 is 2.06 bits per heavy atom. The number of aliphatic carboxylic acids is 1.